The second-order valence-corrected chi connectivity index (χ2v) is 5.77. The number of nitrogens with one attached hydrogen (secondary N) is 1. The van der Waals surface area contributed by atoms with Gasteiger partial charge >= 0.3 is 0 Å². The summed E-state index contributed by atoms with van der Waals surface area (Å²) in [5, 5.41) is 3.69. The summed E-state index contributed by atoms with van der Waals surface area (Å²) < 4.78 is 0. The van der Waals surface area contributed by atoms with Gasteiger partial charge in [0, 0.05) is 6.04 Å². The molecule has 1 saturated carbocycles. The highest BCUT2D eigenvalue weighted by atomic mass is 14.9. The van der Waals surface area contributed by atoms with Gasteiger partial charge in [0.25, 0.3) is 0 Å². The summed E-state index contributed by atoms with van der Waals surface area (Å²) >= 11 is 0. The van der Waals surface area contributed by atoms with Gasteiger partial charge in [-0.2, -0.15) is 0 Å². The molecule has 1 N–H and O–H groups in total. The van der Waals surface area contributed by atoms with Crippen molar-refractivity contribution in [1.82, 2.24) is 5.32 Å². The van der Waals surface area contributed by atoms with E-state index in [1.54, 1.807) is 0 Å². The van der Waals surface area contributed by atoms with E-state index in [0.717, 1.165) is 24.8 Å². The van der Waals surface area contributed by atoms with E-state index >= 15 is 0 Å². The first-order chi connectivity index (χ1) is 9.88. The molecule has 1 aliphatic rings. The molecule has 3 unspecified atom stereocenters. The van der Waals surface area contributed by atoms with Crippen molar-refractivity contribution in [2.24, 2.45) is 5.92 Å². The predicted octanol–water partition coefficient (Wildman–Crippen LogP) is 4.01. The lowest BCUT2D eigenvalue weighted by molar-refractivity contribution is 0.464. The molecule has 1 fully saturated rings. The highest BCUT2D eigenvalue weighted by Gasteiger charge is 2.43. The lowest BCUT2D eigenvalue weighted by Crippen LogP contribution is -2.33. The Morgan fingerprint density at radius 2 is 1.65 bits per heavy atom. The molecule has 0 spiro atoms. The molecule has 3 atom stereocenters. The molecule has 20 heavy (non-hydrogen) atoms. The van der Waals surface area contributed by atoms with Gasteiger partial charge in [-0.25, -0.2) is 0 Å². The van der Waals surface area contributed by atoms with E-state index in [1.807, 2.05) is 0 Å². The maximum atomic E-state index is 3.69. The largest absolute Gasteiger partial charge is 0.314 e. The van der Waals surface area contributed by atoms with Crippen molar-refractivity contribution >= 4 is 0 Å². The highest BCUT2D eigenvalue weighted by molar-refractivity contribution is 5.27. The molecule has 1 aliphatic carbocycles. The van der Waals surface area contributed by atoms with Crippen LogP contribution in [0.5, 0.6) is 0 Å². The lowest BCUT2D eigenvalue weighted by Gasteiger charge is -2.18. The van der Waals surface area contributed by atoms with Crippen LogP contribution in [0.25, 0.3) is 0 Å². The summed E-state index contributed by atoms with van der Waals surface area (Å²) in [5.74, 6) is 1.54. The normalized spacial score (nSPS) is 22.4. The monoisotopic (exact) mass is 265 g/mol. The molecule has 0 heterocycles. The molecule has 0 radical (unpaired) electrons. The van der Waals surface area contributed by atoms with Crippen LogP contribution in [0.2, 0.25) is 0 Å². The fraction of sp³-hybridized carbons (Fsp3) is 0.368. The fourth-order valence-electron chi connectivity index (χ4n) is 3.25. The van der Waals surface area contributed by atoms with E-state index in [1.165, 1.54) is 17.5 Å². The summed E-state index contributed by atoms with van der Waals surface area (Å²) in [7, 11) is 0. The Labute approximate surface area is 122 Å². The first-order valence-electron chi connectivity index (χ1n) is 7.70. The molecule has 0 bridgehead atoms. The van der Waals surface area contributed by atoms with E-state index < -0.39 is 0 Å². The zero-order valence-electron chi connectivity index (χ0n) is 12.1. The van der Waals surface area contributed by atoms with Gasteiger partial charge in [0.15, 0.2) is 0 Å². The van der Waals surface area contributed by atoms with Crippen LogP contribution in [0, 0.1) is 5.92 Å². The van der Waals surface area contributed by atoms with E-state index in [2.05, 4.69) is 72.9 Å². The molecular weight excluding hydrogens is 242 g/mol. The minimum absolute atomic E-state index is 0.604. The van der Waals surface area contributed by atoms with E-state index in [0.29, 0.717) is 6.04 Å². The van der Waals surface area contributed by atoms with Crippen LogP contribution in [0.15, 0.2) is 60.7 Å². The summed E-state index contributed by atoms with van der Waals surface area (Å²) in [5.41, 5.74) is 2.95. The van der Waals surface area contributed by atoms with Gasteiger partial charge in [0.05, 0.1) is 0 Å². The number of hydrogen-bond acceptors (Lipinski definition) is 1. The molecule has 104 valence electrons. The van der Waals surface area contributed by atoms with Gasteiger partial charge in [-0.3, -0.25) is 0 Å². The third-order valence-corrected chi connectivity index (χ3v) is 4.35. The van der Waals surface area contributed by atoms with Gasteiger partial charge in [-0.05, 0) is 42.3 Å². The Morgan fingerprint density at radius 1 is 1.00 bits per heavy atom. The highest BCUT2D eigenvalue weighted by Crippen LogP contribution is 2.50. The third kappa shape index (κ3) is 3.10. The molecule has 3 rings (SSSR count). The van der Waals surface area contributed by atoms with Gasteiger partial charge < -0.3 is 5.32 Å². The number of hydrogen-bond donors (Lipinski definition) is 1. The molecule has 0 aliphatic heterocycles. The molecule has 0 saturated heterocycles. The standard InChI is InChI=1S/C19H23N/c1-2-20-19(13-15-9-5-3-6-10-15)18-14-17(18)16-11-7-4-8-12-16/h3-12,17-20H,2,13-14H2,1H3. The first-order valence-corrected chi connectivity index (χ1v) is 7.70. The topological polar surface area (TPSA) is 12.0 Å². The van der Waals surface area contributed by atoms with Gasteiger partial charge in [-0.1, -0.05) is 67.6 Å². The molecule has 0 amide bonds. The fourth-order valence-corrected chi connectivity index (χ4v) is 3.25. The third-order valence-electron chi connectivity index (χ3n) is 4.35. The zero-order valence-corrected chi connectivity index (χ0v) is 12.1. The van der Waals surface area contributed by atoms with E-state index in [-0.39, 0.29) is 0 Å². The van der Waals surface area contributed by atoms with Crippen molar-refractivity contribution in [3.05, 3.63) is 71.8 Å². The van der Waals surface area contributed by atoms with Crippen molar-refractivity contribution in [1.29, 1.82) is 0 Å². The molecule has 2 aromatic carbocycles. The Balaban J connectivity index is 1.67. The van der Waals surface area contributed by atoms with Crippen molar-refractivity contribution in [2.45, 2.75) is 31.7 Å². The second kappa shape index (κ2) is 6.23. The Bertz CT molecular complexity index is 520. The van der Waals surface area contributed by atoms with Crippen molar-refractivity contribution in [3.8, 4) is 0 Å². The summed E-state index contributed by atoms with van der Waals surface area (Å²) in [6, 6.07) is 22.4. The molecular formula is C19H23N. The molecule has 1 nitrogen and oxygen atoms in total. The minimum atomic E-state index is 0.604. The lowest BCUT2D eigenvalue weighted by atomic mass is 9.99. The average Bonchev–Trinajstić information content (AvgIpc) is 3.29. The van der Waals surface area contributed by atoms with Gasteiger partial charge in [-0.15, -0.1) is 0 Å². The number of likely N-dealkylation sites (N-methyl/N-ethyl adjacent to an activating group) is 1. The van der Waals surface area contributed by atoms with Crippen LogP contribution in [-0.2, 0) is 6.42 Å². The zero-order chi connectivity index (χ0) is 13.8. The molecule has 0 aromatic heterocycles. The van der Waals surface area contributed by atoms with Crippen molar-refractivity contribution in [3.63, 3.8) is 0 Å². The maximum absolute atomic E-state index is 3.69. The quantitative estimate of drug-likeness (QED) is 0.832. The van der Waals surface area contributed by atoms with Crippen LogP contribution in [0.4, 0.5) is 0 Å². The Morgan fingerprint density at radius 3 is 2.30 bits per heavy atom. The van der Waals surface area contributed by atoms with Gasteiger partial charge in [0.2, 0.25) is 0 Å². The summed E-state index contributed by atoms with van der Waals surface area (Å²) in [4.78, 5) is 0. The van der Waals surface area contributed by atoms with Crippen molar-refractivity contribution in [2.75, 3.05) is 6.54 Å². The predicted molar refractivity (Wildman–Crippen MR) is 84.9 cm³/mol. The summed E-state index contributed by atoms with van der Waals surface area (Å²) in [6.45, 7) is 3.26. The minimum Gasteiger partial charge on any atom is -0.314 e. The van der Waals surface area contributed by atoms with Crippen LogP contribution in [0.3, 0.4) is 0 Å². The van der Waals surface area contributed by atoms with Crippen molar-refractivity contribution < 1.29 is 0 Å². The average molecular weight is 265 g/mol. The van der Waals surface area contributed by atoms with Crippen LogP contribution in [-0.4, -0.2) is 12.6 Å². The maximum Gasteiger partial charge on any atom is 0.0142 e. The summed E-state index contributed by atoms with van der Waals surface area (Å²) in [6.07, 6.45) is 2.47. The van der Waals surface area contributed by atoms with E-state index in [4.69, 9.17) is 0 Å². The Kier molecular flexibility index (Phi) is 4.17. The Hall–Kier alpha value is -1.60. The number of rotatable bonds is 6. The smallest absolute Gasteiger partial charge is 0.0142 e. The van der Waals surface area contributed by atoms with Crippen LogP contribution in [0.1, 0.15) is 30.4 Å². The van der Waals surface area contributed by atoms with Crippen LogP contribution < -0.4 is 5.32 Å². The number of benzene rings is 2. The van der Waals surface area contributed by atoms with E-state index in [9.17, 15) is 0 Å². The SMILES string of the molecule is CCNC(Cc1ccccc1)C1CC1c1ccccc1. The first kappa shape index (κ1) is 13.4. The van der Waals surface area contributed by atoms with Crippen LogP contribution >= 0.6 is 0 Å². The molecule has 2 aromatic rings. The second-order valence-electron chi connectivity index (χ2n) is 5.77. The van der Waals surface area contributed by atoms with Gasteiger partial charge in [0.1, 0.15) is 0 Å². The molecule has 1 heteroatoms.